The molecule has 1 aliphatic heterocycles. The van der Waals surface area contributed by atoms with Crippen molar-refractivity contribution in [2.75, 3.05) is 18.8 Å². The molecule has 4 unspecified atom stereocenters. The van der Waals surface area contributed by atoms with Gasteiger partial charge in [-0.2, -0.15) is 12.6 Å². The highest BCUT2D eigenvalue weighted by Gasteiger charge is 2.29. The minimum absolute atomic E-state index is 0.0163. The third kappa shape index (κ3) is 8.03. The van der Waals surface area contributed by atoms with Crippen molar-refractivity contribution >= 4 is 36.3 Å². The van der Waals surface area contributed by atoms with Gasteiger partial charge in [-0.25, -0.2) is 4.79 Å². The van der Waals surface area contributed by atoms with E-state index in [1.54, 1.807) is 0 Å². The molecule has 4 atom stereocenters. The van der Waals surface area contributed by atoms with Crippen LogP contribution in [0.2, 0.25) is 0 Å². The van der Waals surface area contributed by atoms with Crippen LogP contribution in [0.3, 0.4) is 0 Å². The van der Waals surface area contributed by atoms with Gasteiger partial charge < -0.3 is 32.1 Å². The van der Waals surface area contributed by atoms with Crippen molar-refractivity contribution in [1.82, 2.24) is 21.3 Å². The Bertz CT molecular complexity index is 556. The molecule has 0 radical (unpaired) electrons. The Morgan fingerprint density at radius 2 is 1.82 bits per heavy atom. The zero-order chi connectivity index (χ0) is 21.1. The molecule has 1 fully saturated rings. The molecule has 0 aromatic rings. The Morgan fingerprint density at radius 3 is 2.36 bits per heavy atom. The van der Waals surface area contributed by atoms with E-state index in [4.69, 9.17) is 5.73 Å². The summed E-state index contributed by atoms with van der Waals surface area (Å²) in [5.74, 6) is -2.62. The van der Waals surface area contributed by atoms with Crippen LogP contribution >= 0.6 is 12.6 Å². The summed E-state index contributed by atoms with van der Waals surface area (Å²) in [7, 11) is 0. The third-order valence-corrected chi connectivity index (χ3v) is 4.87. The lowest BCUT2D eigenvalue weighted by atomic mass is 10.1. The molecule has 1 saturated heterocycles. The van der Waals surface area contributed by atoms with E-state index >= 15 is 0 Å². The monoisotopic (exact) mass is 417 g/mol. The van der Waals surface area contributed by atoms with Gasteiger partial charge in [0.15, 0.2) is 0 Å². The van der Waals surface area contributed by atoms with Gasteiger partial charge >= 0.3 is 5.97 Å². The number of nitrogens with one attached hydrogen (secondary N) is 4. The number of carbonyl (C=O) groups excluding carboxylic acids is 3. The summed E-state index contributed by atoms with van der Waals surface area (Å²) in [6, 6.07) is -3.24. The summed E-state index contributed by atoms with van der Waals surface area (Å²) in [6.07, 6.45) is 3.06. The van der Waals surface area contributed by atoms with E-state index in [-0.39, 0.29) is 24.1 Å². The zero-order valence-corrected chi connectivity index (χ0v) is 17.0. The first-order chi connectivity index (χ1) is 13.3. The molecule has 1 aliphatic rings. The fourth-order valence-electron chi connectivity index (χ4n) is 2.80. The number of carboxylic acid groups (broad SMARTS) is 1. The smallest absolute Gasteiger partial charge is 0.326 e. The number of aliphatic carboxylic acids is 1. The third-order valence-electron chi connectivity index (χ3n) is 4.51. The van der Waals surface area contributed by atoms with E-state index < -0.39 is 35.9 Å². The zero-order valence-electron chi connectivity index (χ0n) is 16.1. The Labute approximate surface area is 170 Å². The number of carboxylic acids is 1. The minimum Gasteiger partial charge on any atom is -0.480 e. The number of thiol groups is 1. The summed E-state index contributed by atoms with van der Waals surface area (Å²) in [5, 5.41) is 19.8. The molecule has 0 bridgehead atoms. The van der Waals surface area contributed by atoms with E-state index in [1.165, 1.54) is 6.92 Å². The van der Waals surface area contributed by atoms with Crippen LogP contribution in [-0.4, -0.2) is 71.8 Å². The molecule has 0 spiro atoms. The van der Waals surface area contributed by atoms with Crippen LogP contribution in [0.1, 0.15) is 39.0 Å². The fourth-order valence-corrected chi connectivity index (χ4v) is 3.06. The standard InChI is InChI=1S/C17H31N5O5S/c1-10(20-15(24)11-6-4-8-19-11)14(23)22-13(9-28)16(25)21-12(17(26)27)5-2-3-7-18/h10-13,19,28H,2-9,18H2,1H3,(H,20,24)(H,21,25)(H,22,23)(H,26,27). The minimum atomic E-state index is -1.15. The SMILES string of the molecule is CC(NC(=O)C1CCCN1)C(=O)NC(CS)C(=O)NC(CCCCN)C(=O)O. The molecular weight excluding hydrogens is 386 g/mol. The Balaban J connectivity index is 2.55. The number of rotatable bonds is 12. The van der Waals surface area contributed by atoms with Crippen LogP contribution in [-0.2, 0) is 19.2 Å². The van der Waals surface area contributed by atoms with E-state index in [1.807, 2.05) is 0 Å². The summed E-state index contributed by atoms with van der Waals surface area (Å²) in [6.45, 7) is 2.72. The van der Waals surface area contributed by atoms with Crippen LogP contribution in [0.15, 0.2) is 0 Å². The maximum absolute atomic E-state index is 12.4. The molecule has 7 N–H and O–H groups in total. The second-order valence-electron chi connectivity index (χ2n) is 6.81. The summed E-state index contributed by atoms with van der Waals surface area (Å²) in [5.41, 5.74) is 5.39. The quantitative estimate of drug-likeness (QED) is 0.148. The van der Waals surface area contributed by atoms with Crippen LogP contribution in [0.25, 0.3) is 0 Å². The van der Waals surface area contributed by atoms with Crippen LogP contribution in [0.5, 0.6) is 0 Å². The van der Waals surface area contributed by atoms with Crippen LogP contribution < -0.4 is 27.0 Å². The summed E-state index contributed by atoms with van der Waals surface area (Å²) >= 11 is 4.06. The molecule has 1 rings (SSSR count). The molecule has 0 aromatic carbocycles. The van der Waals surface area contributed by atoms with E-state index in [0.29, 0.717) is 25.8 Å². The molecule has 1 heterocycles. The Hall–Kier alpha value is -1.85. The van der Waals surface area contributed by atoms with E-state index in [0.717, 1.165) is 13.0 Å². The maximum Gasteiger partial charge on any atom is 0.326 e. The number of amides is 3. The molecule has 10 nitrogen and oxygen atoms in total. The lowest BCUT2D eigenvalue weighted by molar-refractivity contribution is -0.142. The molecule has 0 saturated carbocycles. The van der Waals surface area contributed by atoms with Crippen molar-refractivity contribution in [1.29, 1.82) is 0 Å². The first-order valence-corrected chi connectivity index (χ1v) is 10.1. The second kappa shape index (κ2) is 12.6. The van der Waals surface area contributed by atoms with Crippen LogP contribution in [0, 0.1) is 0 Å². The first kappa shape index (κ1) is 24.2. The molecule has 11 heteroatoms. The molecular formula is C17H31N5O5S. The largest absolute Gasteiger partial charge is 0.480 e. The van der Waals surface area contributed by atoms with Crippen molar-refractivity contribution in [3.63, 3.8) is 0 Å². The second-order valence-corrected chi connectivity index (χ2v) is 7.17. The predicted octanol–water partition coefficient (Wildman–Crippen LogP) is -1.64. The molecule has 160 valence electrons. The topological polar surface area (TPSA) is 163 Å². The lowest BCUT2D eigenvalue weighted by Gasteiger charge is -2.22. The van der Waals surface area contributed by atoms with Gasteiger partial charge in [-0.15, -0.1) is 0 Å². The average Bonchev–Trinajstić information content (AvgIpc) is 3.19. The number of nitrogens with two attached hydrogens (primary N) is 1. The van der Waals surface area contributed by atoms with Gasteiger partial charge in [0.2, 0.25) is 17.7 Å². The van der Waals surface area contributed by atoms with Crippen molar-refractivity contribution in [2.24, 2.45) is 5.73 Å². The highest BCUT2D eigenvalue weighted by Crippen LogP contribution is 2.05. The number of hydrogen-bond acceptors (Lipinski definition) is 7. The first-order valence-electron chi connectivity index (χ1n) is 9.48. The average molecular weight is 418 g/mol. The predicted molar refractivity (Wildman–Crippen MR) is 107 cm³/mol. The van der Waals surface area contributed by atoms with Gasteiger partial charge in [0.25, 0.3) is 0 Å². The highest BCUT2D eigenvalue weighted by atomic mass is 32.1. The molecule has 3 amide bonds. The van der Waals surface area contributed by atoms with E-state index in [9.17, 15) is 24.3 Å². The summed E-state index contributed by atoms with van der Waals surface area (Å²) < 4.78 is 0. The molecule has 0 aromatic heterocycles. The highest BCUT2D eigenvalue weighted by molar-refractivity contribution is 7.80. The van der Waals surface area contributed by atoms with Gasteiger partial charge in [-0.3, -0.25) is 14.4 Å². The Kier molecular flexibility index (Phi) is 10.9. The molecule has 28 heavy (non-hydrogen) atoms. The maximum atomic E-state index is 12.4. The van der Waals surface area contributed by atoms with Crippen LogP contribution in [0.4, 0.5) is 0 Å². The lowest BCUT2D eigenvalue weighted by Crippen LogP contribution is -2.56. The van der Waals surface area contributed by atoms with Gasteiger partial charge in [0.1, 0.15) is 18.1 Å². The van der Waals surface area contributed by atoms with Crippen molar-refractivity contribution < 1.29 is 24.3 Å². The van der Waals surface area contributed by atoms with Gasteiger partial charge in [0.05, 0.1) is 6.04 Å². The van der Waals surface area contributed by atoms with Gasteiger partial charge in [-0.05, 0) is 52.1 Å². The fraction of sp³-hybridized carbons (Fsp3) is 0.765. The van der Waals surface area contributed by atoms with Crippen molar-refractivity contribution in [3.05, 3.63) is 0 Å². The summed E-state index contributed by atoms with van der Waals surface area (Å²) in [4.78, 5) is 48.0. The number of carbonyl (C=O) groups is 4. The number of hydrogen-bond donors (Lipinski definition) is 7. The normalized spacial score (nSPS) is 19.3. The van der Waals surface area contributed by atoms with E-state index in [2.05, 4.69) is 33.9 Å². The number of unbranched alkanes of at least 4 members (excludes halogenated alkanes) is 1. The van der Waals surface area contributed by atoms with Crippen molar-refractivity contribution in [3.8, 4) is 0 Å². The van der Waals surface area contributed by atoms with Gasteiger partial charge in [-0.1, -0.05) is 0 Å². The molecule has 0 aliphatic carbocycles. The Morgan fingerprint density at radius 1 is 1.14 bits per heavy atom. The van der Waals surface area contributed by atoms with Crippen molar-refractivity contribution in [2.45, 2.75) is 63.2 Å². The van der Waals surface area contributed by atoms with Gasteiger partial charge in [0, 0.05) is 5.75 Å².